The second kappa shape index (κ2) is 8.44. The van der Waals surface area contributed by atoms with Gasteiger partial charge in [-0.3, -0.25) is 9.35 Å². The predicted molar refractivity (Wildman–Crippen MR) is 83.2 cm³/mol. The maximum absolute atomic E-state index is 11.8. The molecular weight excluding hydrogens is 321 g/mol. The topological polar surface area (TPSA) is 121 Å². The fraction of sp³-hybridized carbons (Fsp3) is 0.692. The summed E-state index contributed by atoms with van der Waals surface area (Å²) >= 11 is 0. The van der Waals surface area contributed by atoms with E-state index in [0.717, 1.165) is 6.42 Å². The van der Waals surface area contributed by atoms with Crippen LogP contribution in [-0.2, 0) is 19.7 Å². The zero-order chi connectivity index (χ0) is 16.3. The minimum atomic E-state index is -3.98. The summed E-state index contributed by atoms with van der Waals surface area (Å²) in [4.78, 5) is 22.9. The number of rotatable bonds is 8. The van der Waals surface area contributed by atoms with Gasteiger partial charge in [-0.15, -0.1) is 0 Å². The van der Waals surface area contributed by atoms with Gasteiger partial charge in [0.1, 0.15) is 5.70 Å². The van der Waals surface area contributed by atoms with Crippen LogP contribution >= 0.6 is 0 Å². The van der Waals surface area contributed by atoms with Crippen molar-refractivity contribution in [2.45, 2.75) is 39.5 Å². The van der Waals surface area contributed by atoms with Gasteiger partial charge in [0.2, 0.25) is 5.91 Å². The summed E-state index contributed by atoms with van der Waals surface area (Å²) in [7, 11) is -3.98. The third-order valence-corrected chi connectivity index (χ3v) is 4.33. The first-order chi connectivity index (χ1) is 9.53. The number of amides is 1. The molecule has 1 aliphatic rings. The van der Waals surface area contributed by atoms with Gasteiger partial charge < -0.3 is 10.4 Å². The first kappa shape index (κ1) is 21.6. The van der Waals surface area contributed by atoms with Gasteiger partial charge in [-0.1, -0.05) is 19.9 Å². The third kappa shape index (κ3) is 7.73. The summed E-state index contributed by atoms with van der Waals surface area (Å²) < 4.78 is 29.6. The van der Waals surface area contributed by atoms with Crippen LogP contribution in [0, 0.1) is 11.3 Å². The molecule has 9 heteroatoms. The fourth-order valence-electron chi connectivity index (χ4n) is 2.00. The van der Waals surface area contributed by atoms with Crippen LogP contribution in [0.4, 0.5) is 0 Å². The van der Waals surface area contributed by atoms with Crippen molar-refractivity contribution in [2.24, 2.45) is 11.3 Å². The quantitative estimate of drug-likeness (QED) is 0.256. The molecule has 1 amide bonds. The van der Waals surface area contributed by atoms with Crippen LogP contribution in [0.3, 0.4) is 0 Å². The number of unbranched alkanes of at least 4 members (excludes halogenated alkanes) is 2. The van der Waals surface area contributed by atoms with Crippen LogP contribution in [0.1, 0.15) is 39.5 Å². The van der Waals surface area contributed by atoms with E-state index in [1.54, 1.807) is 0 Å². The number of allylic oxidation sites excluding steroid dienone is 1. The minimum absolute atomic E-state index is 0. The molecule has 0 aromatic rings. The van der Waals surface area contributed by atoms with Crippen LogP contribution in [0.5, 0.6) is 0 Å². The van der Waals surface area contributed by atoms with Gasteiger partial charge in [0, 0.05) is 5.92 Å². The van der Waals surface area contributed by atoms with E-state index in [1.165, 1.54) is 6.08 Å². The Morgan fingerprint density at radius 2 is 1.86 bits per heavy atom. The van der Waals surface area contributed by atoms with Gasteiger partial charge in [-0.25, -0.2) is 4.79 Å². The Bertz CT molecular complexity index is 555. The normalized spacial score (nSPS) is 20.0. The van der Waals surface area contributed by atoms with E-state index >= 15 is 0 Å². The van der Waals surface area contributed by atoms with Crippen LogP contribution < -0.4 is 5.32 Å². The van der Waals surface area contributed by atoms with Crippen LogP contribution in [0.25, 0.3) is 0 Å². The zero-order valence-corrected chi connectivity index (χ0v) is 12.9. The van der Waals surface area contributed by atoms with E-state index in [-0.39, 0.29) is 64.7 Å². The van der Waals surface area contributed by atoms with Crippen molar-refractivity contribution >= 4 is 51.6 Å². The number of aliphatic carboxylic acids is 1. The Morgan fingerprint density at radius 1 is 1.32 bits per heavy atom. The standard InChI is InChI=1S/C13H21NO6S.Na.H/c1-13(2)8-9(13)11(15)14-10(12(16)17)6-4-3-5-7-21(18,19)20;;/h6,9H,3-5,7-8H2,1-2H3,(H,14,15)(H,16,17)(H,18,19,20);;/b10-6-;;. The second-order valence-electron chi connectivity index (χ2n) is 5.94. The Morgan fingerprint density at radius 3 is 2.27 bits per heavy atom. The molecule has 22 heavy (non-hydrogen) atoms. The fourth-order valence-corrected chi connectivity index (χ4v) is 2.57. The third-order valence-electron chi connectivity index (χ3n) is 3.52. The average molecular weight is 343 g/mol. The first-order valence-electron chi connectivity index (χ1n) is 6.72. The molecule has 0 spiro atoms. The van der Waals surface area contributed by atoms with Crippen LogP contribution in [-0.4, -0.2) is 65.3 Å². The number of hydrogen-bond acceptors (Lipinski definition) is 4. The Kier molecular flexibility index (Phi) is 8.29. The maximum atomic E-state index is 11.8. The number of carboxylic acid groups (broad SMARTS) is 1. The van der Waals surface area contributed by atoms with Gasteiger partial charge in [0.05, 0.1) is 5.75 Å². The molecule has 1 atom stereocenters. The molecule has 1 aliphatic carbocycles. The van der Waals surface area contributed by atoms with E-state index in [1.807, 2.05) is 13.8 Å². The van der Waals surface area contributed by atoms with E-state index in [2.05, 4.69) is 5.32 Å². The van der Waals surface area contributed by atoms with Crippen LogP contribution in [0.2, 0.25) is 0 Å². The molecule has 1 saturated carbocycles. The summed E-state index contributed by atoms with van der Waals surface area (Å²) in [5.41, 5.74) is -0.266. The van der Waals surface area contributed by atoms with Crippen molar-refractivity contribution in [1.29, 1.82) is 0 Å². The Labute approximate surface area is 152 Å². The van der Waals surface area contributed by atoms with Gasteiger partial charge in [-0.2, -0.15) is 8.42 Å². The predicted octanol–water partition coefficient (Wildman–Crippen LogP) is 0.527. The molecule has 0 aromatic carbocycles. The molecule has 7 nitrogen and oxygen atoms in total. The van der Waals surface area contributed by atoms with Gasteiger partial charge in [0.15, 0.2) is 0 Å². The second-order valence-corrected chi connectivity index (χ2v) is 7.51. The SMILES string of the molecule is CC1(C)CC1C(=O)N/C(=C\CCCCS(=O)(=O)O)C(=O)O.[NaH]. The number of nitrogens with one attached hydrogen (secondary N) is 1. The summed E-state index contributed by atoms with van der Waals surface area (Å²) in [5.74, 6) is -2.05. The van der Waals surface area contributed by atoms with Gasteiger partial charge in [-0.05, 0) is 31.1 Å². The Balaban J connectivity index is 0.00000441. The van der Waals surface area contributed by atoms with Crippen molar-refractivity contribution in [2.75, 3.05) is 5.75 Å². The first-order valence-corrected chi connectivity index (χ1v) is 8.33. The average Bonchev–Trinajstić information content (AvgIpc) is 2.94. The molecule has 0 aliphatic heterocycles. The zero-order valence-electron chi connectivity index (χ0n) is 12.1. The molecule has 3 N–H and O–H groups in total. The van der Waals surface area contributed by atoms with Crippen molar-refractivity contribution in [1.82, 2.24) is 5.32 Å². The summed E-state index contributed by atoms with van der Waals surface area (Å²) in [5, 5.41) is 11.4. The van der Waals surface area contributed by atoms with Crippen molar-refractivity contribution in [3.05, 3.63) is 11.8 Å². The summed E-state index contributed by atoms with van der Waals surface area (Å²) in [6.45, 7) is 3.88. The number of hydrogen-bond donors (Lipinski definition) is 3. The molecule has 0 heterocycles. The molecule has 1 rings (SSSR count). The number of carbonyl (C=O) groups excluding carboxylic acids is 1. The van der Waals surface area contributed by atoms with E-state index in [9.17, 15) is 18.0 Å². The number of carboxylic acids is 1. The monoisotopic (exact) mass is 343 g/mol. The van der Waals surface area contributed by atoms with Crippen molar-refractivity contribution in [3.8, 4) is 0 Å². The molecule has 0 aromatic heterocycles. The molecule has 0 radical (unpaired) electrons. The van der Waals surface area contributed by atoms with Crippen molar-refractivity contribution in [3.63, 3.8) is 0 Å². The van der Waals surface area contributed by atoms with E-state index in [4.69, 9.17) is 9.66 Å². The van der Waals surface area contributed by atoms with Crippen molar-refractivity contribution < 1.29 is 27.7 Å². The number of carbonyl (C=O) groups is 2. The van der Waals surface area contributed by atoms with E-state index in [0.29, 0.717) is 12.8 Å². The molecule has 1 unspecified atom stereocenters. The molecule has 122 valence electrons. The molecule has 0 saturated heterocycles. The Hall–Kier alpha value is -0.410. The summed E-state index contributed by atoms with van der Waals surface area (Å²) in [6.07, 6.45) is 3.04. The molecule has 0 bridgehead atoms. The van der Waals surface area contributed by atoms with Gasteiger partial charge >= 0.3 is 35.5 Å². The summed E-state index contributed by atoms with van der Waals surface area (Å²) in [6, 6.07) is 0. The van der Waals surface area contributed by atoms with Gasteiger partial charge in [0.25, 0.3) is 10.1 Å². The molecule has 1 fully saturated rings. The molecular formula is C13H22NNaO6S. The van der Waals surface area contributed by atoms with Crippen LogP contribution in [0.15, 0.2) is 11.8 Å². The van der Waals surface area contributed by atoms with E-state index < -0.39 is 16.1 Å².